The first-order chi connectivity index (χ1) is 8.70. The summed E-state index contributed by atoms with van der Waals surface area (Å²) in [6, 6.07) is 7.96. The van der Waals surface area contributed by atoms with Crippen molar-refractivity contribution in [2.75, 3.05) is 18.1 Å². The Labute approximate surface area is 113 Å². The molecule has 0 saturated carbocycles. The number of hydrogen-bond acceptors (Lipinski definition) is 3. The lowest BCUT2D eigenvalue weighted by atomic mass is 10.1. The molecule has 0 aromatic heterocycles. The molecule has 1 aliphatic rings. The van der Waals surface area contributed by atoms with E-state index >= 15 is 0 Å². The molecule has 1 amide bonds. The van der Waals surface area contributed by atoms with Crippen molar-refractivity contribution in [1.29, 1.82) is 0 Å². The largest absolute Gasteiger partial charge is 0.324 e. The molecule has 2 atom stereocenters. The number of fused-ring (bicyclic) bond motifs is 1. The summed E-state index contributed by atoms with van der Waals surface area (Å²) in [6.45, 7) is 3.04. The zero-order valence-electron chi connectivity index (χ0n) is 10.9. The Morgan fingerprint density at radius 1 is 1.50 bits per heavy atom. The summed E-state index contributed by atoms with van der Waals surface area (Å²) in [7, 11) is 0. The maximum Gasteiger partial charge on any atom is 0.241 e. The number of carbonyl (C=O) groups is 1. The van der Waals surface area contributed by atoms with Gasteiger partial charge in [-0.1, -0.05) is 25.1 Å². The SMILES string of the molecule is CSC(C)CNC1CCc2ccccc2NC1=O. The van der Waals surface area contributed by atoms with Gasteiger partial charge in [-0.05, 0) is 30.7 Å². The Kier molecular flexibility index (Phi) is 4.66. The van der Waals surface area contributed by atoms with Crippen LogP contribution in [0.5, 0.6) is 0 Å². The first-order valence-corrected chi connectivity index (χ1v) is 7.64. The van der Waals surface area contributed by atoms with Crippen molar-refractivity contribution in [3.8, 4) is 0 Å². The van der Waals surface area contributed by atoms with Crippen molar-refractivity contribution in [3.63, 3.8) is 0 Å². The molecule has 3 nitrogen and oxygen atoms in total. The second kappa shape index (κ2) is 6.25. The molecule has 4 heteroatoms. The van der Waals surface area contributed by atoms with Crippen LogP contribution in [0.1, 0.15) is 18.9 Å². The zero-order chi connectivity index (χ0) is 13.0. The number of anilines is 1. The fourth-order valence-corrected chi connectivity index (χ4v) is 2.36. The highest BCUT2D eigenvalue weighted by Crippen LogP contribution is 2.21. The molecule has 1 aliphatic heterocycles. The highest BCUT2D eigenvalue weighted by Gasteiger charge is 2.23. The van der Waals surface area contributed by atoms with Gasteiger partial charge in [0.25, 0.3) is 0 Å². The summed E-state index contributed by atoms with van der Waals surface area (Å²) in [5, 5.41) is 6.90. The molecule has 2 N–H and O–H groups in total. The Hall–Kier alpha value is -1.00. The van der Waals surface area contributed by atoms with Crippen LogP contribution in [0.3, 0.4) is 0 Å². The predicted molar refractivity (Wildman–Crippen MR) is 78.2 cm³/mol. The van der Waals surface area contributed by atoms with Gasteiger partial charge in [-0.25, -0.2) is 0 Å². The minimum absolute atomic E-state index is 0.0769. The molecule has 18 heavy (non-hydrogen) atoms. The van der Waals surface area contributed by atoms with Crippen LogP contribution < -0.4 is 10.6 Å². The summed E-state index contributed by atoms with van der Waals surface area (Å²) in [6.07, 6.45) is 3.90. The first kappa shape index (κ1) is 13.4. The average Bonchev–Trinajstić information content (AvgIpc) is 2.54. The molecule has 98 valence electrons. The van der Waals surface area contributed by atoms with E-state index < -0.39 is 0 Å². The molecular formula is C14H20N2OS. The van der Waals surface area contributed by atoms with Crippen molar-refractivity contribution in [2.45, 2.75) is 31.1 Å². The number of para-hydroxylation sites is 1. The fraction of sp³-hybridized carbons (Fsp3) is 0.500. The van der Waals surface area contributed by atoms with Gasteiger partial charge in [0.05, 0.1) is 6.04 Å². The molecule has 0 aliphatic carbocycles. The van der Waals surface area contributed by atoms with Crippen LogP contribution in [-0.4, -0.2) is 30.0 Å². The van der Waals surface area contributed by atoms with E-state index in [1.807, 2.05) is 30.0 Å². The van der Waals surface area contributed by atoms with E-state index in [0.29, 0.717) is 5.25 Å². The van der Waals surface area contributed by atoms with E-state index in [1.54, 1.807) is 0 Å². The standard InChI is InChI=1S/C14H20N2OS/c1-10(18-2)9-15-13-8-7-11-5-3-4-6-12(11)16-14(13)17/h3-6,10,13,15H,7-9H2,1-2H3,(H,16,17). The van der Waals surface area contributed by atoms with Gasteiger partial charge in [0.2, 0.25) is 5.91 Å². The number of aryl methyl sites for hydroxylation is 1. The molecule has 2 unspecified atom stereocenters. The molecule has 1 aromatic carbocycles. The lowest BCUT2D eigenvalue weighted by molar-refractivity contribution is -0.118. The summed E-state index contributed by atoms with van der Waals surface area (Å²) in [5.41, 5.74) is 2.19. The predicted octanol–water partition coefficient (Wildman–Crippen LogP) is 2.28. The molecule has 2 rings (SSSR count). The van der Waals surface area contributed by atoms with Crippen molar-refractivity contribution < 1.29 is 4.79 Å². The number of nitrogens with one attached hydrogen (secondary N) is 2. The van der Waals surface area contributed by atoms with E-state index in [1.165, 1.54) is 5.56 Å². The third-order valence-corrected chi connectivity index (χ3v) is 4.32. The zero-order valence-corrected chi connectivity index (χ0v) is 11.7. The topological polar surface area (TPSA) is 41.1 Å². The highest BCUT2D eigenvalue weighted by molar-refractivity contribution is 7.99. The van der Waals surface area contributed by atoms with Crippen molar-refractivity contribution in [3.05, 3.63) is 29.8 Å². The molecule has 0 radical (unpaired) electrons. The lowest BCUT2D eigenvalue weighted by Gasteiger charge is -2.17. The van der Waals surface area contributed by atoms with Gasteiger partial charge < -0.3 is 10.6 Å². The maximum atomic E-state index is 12.1. The maximum absolute atomic E-state index is 12.1. The van der Waals surface area contributed by atoms with Gasteiger partial charge in [-0.2, -0.15) is 11.8 Å². The Bertz CT molecular complexity index is 422. The van der Waals surface area contributed by atoms with Crippen LogP contribution in [0.2, 0.25) is 0 Å². The average molecular weight is 264 g/mol. The summed E-state index contributed by atoms with van der Waals surface area (Å²) in [5.74, 6) is 0.0910. The van der Waals surface area contributed by atoms with Gasteiger partial charge in [0, 0.05) is 17.5 Å². The van der Waals surface area contributed by atoms with Crippen LogP contribution in [0.15, 0.2) is 24.3 Å². The number of benzene rings is 1. The van der Waals surface area contributed by atoms with Gasteiger partial charge in [0.1, 0.15) is 0 Å². The lowest BCUT2D eigenvalue weighted by Crippen LogP contribution is -2.42. The minimum Gasteiger partial charge on any atom is -0.324 e. The van der Waals surface area contributed by atoms with Crippen LogP contribution >= 0.6 is 11.8 Å². The summed E-state index contributed by atoms with van der Waals surface area (Å²) < 4.78 is 0. The highest BCUT2D eigenvalue weighted by atomic mass is 32.2. The summed E-state index contributed by atoms with van der Waals surface area (Å²) >= 11 is 1.81. The summed E-state index contributed by atoms with van der Waals surface area (Å²) in [4.78, 5) is 12.1. The van der Waals surface area contributed by atoms with Gasteiger partial charge in [0.15, 0.2) is 0 Å². The minimum atomic E-state index is -0.0769. The van der Waals surface area contributed by atoms with E-state index in [4.69, 9.17) is 0 Å². The number of thioether (sulfide) groups is 1. The number of rotatable bonds is 4. The number of amides is 1. The Balaban J connectivity index is 1.99. The van der Waals surface area contributed by atoms with Gasteiger partial charge >= 0.3 is 0 Å². The van der Waals surface area contributed by atoms with Crippen LogP contribution in [0.4, 0.5) is 5.69 Å². The van der Waals surface area contributed by atoms with E-state index in [0.717, 1.165) is 25.1 Å². The van der Waals surface area contributed by atoms with Gasteiger partial charge in [-0.15, -0.1) is 0 Å². The van der Waals surface area contributed by atoms with Crippen LogP contribution in [0.25, 0.3) is 0 Å². The molecule has 0 fully saturated rings. The smallest absolute Gasteiger partial charge is 0.241 e. The van der Waals surface area contributed by atoms with Crippen molar-refractivity contribution in [2.24, 2.45) is 0 Å². The van der Waals surface area contributed by atoms with Gasteiger partial charge in [-0.3, -0.25) is 4.79 Å². The molecule has 0 saturated heterocycles. The molecule has 0 bridgehead atoms. The van der Waals surface area contributed by atoms with Crippen molar-refractivity contribution in [1.82, 2.24) is 5.32 Å². The molecule has 1 heterocycles. The Morgan fingerprint density at radius 2 is 2.28 bits per heavy atom. The number of carbonyl (C=O) groups excluding carboxylic acids is 1. The van der Waals surface area contributed by atoms with Crippen LogP contribution in [0, 0.1) is 0 Å². The Morgan fingerprint density at radius 3 is 3.06 bits per heavy atom. The molecule has 1 aromatic rings. The first-order valence-electron chi connectivity index (χ1n) is 6.35. The fourth-order valence-electron chi connectivity index (χ4n) is 2.10. The number of hydrogen-bond donors (Lipinski definition) is 2. The molecule has 0 spiro atoms. The van der Waals surface area contributed by atoms with E-state index in [9.17, 15) is 4.79 Å². The monoisotopic (exact) mass is 264 g/mol. The molecular weight excluding hydrogens is 244 g/mol. The third-order valence-electron chi connectivity index (χ3n) is 3.35. The quantitative estimate of drug-likeness (QED) is 0.876. The second-order valence-electron chi connectivity index (χ2n) is 4.69. The normalized spacial score (nSPS) is 20.8. The van der Waals surface area contributed by atoms with Crippen LogP contribution in [-0.2, 0) is 11.2 Å². The third kappa shape index (κ3) is 3.27. The van der Waals surface area contributed by atoms with Crippen molar-refractivity contribution >= 4 is 23.4 Å². The second-order valence-corrected chi connectivity index (χ2v) is 5.97. The van der Waals surface area contributed by atoms with E-state index in [2.05, 4.69) is 29.9 Å². The van der Waals surface area contributed by atoms with E-state index in [-0.39, 0.29) is 11.9 Å².